The van der Waals surface area contributed by atoms with Crippen molar-refractivity contribution < 1.29 is 37.6 Å². The Labute approximate surface area is 190 Å². The van der Waals surface area contributed by atoms with Gasteiger partial charge in [0, 0.05) is 43.9 Å². The fraction of sp³-hybridized carbons (Fsp3) is 0.333. The van der Waals surface area contributed by atoms with Crippen molar-refractivity contribution in [2.45, 2.75) is 18.6 Å². The molecule has 11 nitrogen and oxygen atoms in total. The summed E-state index contributed by atoms with van der Waals surface area (Å²) in [5.74, 6) is -0.966. The van der Waals surface area contributed by atoms with Gasteiger partial charge in [-0.3, -0.25) is 19.5 Å². The largest absolute Gasteiger partial charge is 0.496 e. The zero-order chi connectivity index (χ0) is 24.6. The van der Waals surface area contributed by atoms with Gasteiger partial charge in [-0.05, 0) is 23.8 Å². The number of rotatable bonds is 11. The molecule has 0 spiro atoms. The first-order valence-corrected chi connectivity index (χ1v) is 11.4. The molecular formula is C21H25N2O9P. The van der Waals surface area contributed by atoms with Crippen molar-refractivity contribution in [2.75, 3.05) is 28.4 Å². The molecule has 2 rings (SSSR count). The monoisotopic (exact) mass is 480 g/mol. The van der Waals surface area contributed by atoms with Crippen LogP contribution in [0.4, 0.5) is 5.69 Å². The summed E-state index contributed by atoms with van der Waals surface area (Å²) in [6.07, 6.45) is -0.0640. The highest BCUT2D eigenvalue weighted by Gasteiger charge is 2.26. The van der Waals surface area contributed by atoms with E-state index in [9.17, 15) is 24.3 Å². The maximum atomic E-state index is 12.7. The Kier molecular flexibility index (Phi) is 9.10. The molecule has 1 amide bonds. The van der Waals surface area contributed by atoms with Gasteiger partial charge in [0.1, 0.15) is 11.8 Å². The molecule has 0 aliphatic heterocycles. The van der Waals surface area contributed by atoms with Crippen molar-refractivity contribution in [3.63, 3.8) is 0 Å². The Morgan fingerprint density at radius 1 is 1.06 bits per heavy atom. The van der Waals surface area contributed by atoms with Crippen LogP contribution in [0.25, 0.3) is 0 Å². The van der Waals surface area contributed by atoms with E-state index < -0.39 is 30.4 Å². The molecule has 0 unspecified atom stereocenters. The highest BCUT2D eigenvalue weighted by molar-refractivity contribution is 7.52. The molecular weight excluding hydrogens is 455 g/mol. The molecule has 0 aromatic heterocycles. The van der Waals surface area contributed by atoms with Crippen LogP contribution in [0.15, 0.2) is 42.5 Å². The number of methoxy groups -OCH3 is 2. The van der Waals surface area contributed by atoms with Gasteiger partial charge in [0.25, 0.3) is 11.6 Å². The van der Waals surface area contributed by atoms with Crippen LogP contribution in [0.1, 0.15) is 21.5 Å². The lowest BCUT2D eigenvalue weighted by molar-refractivity contribution is -0.384. The Bertz CT molecular complexity index is 1050. The van der Waals surface area contributed by atoms with E-state index >= 15 is 0 Å². The number of carbonyl (C=O) groups excluding carboxylic acids is 2. The minimum absolute atomic E-state index is 0.0270. The second-order valence-corrected chi connectivity index (χ2v) is 9.11. The summed E-state index contributed by atoms with van der Waals surface area (Å²) in [6.45, 7) is 0. The number of ether oxygens (including phenoxy) is 2. The molecule has 0 radical (unpaired) electrons. The molecule has 0 saturated heterocycles. The minimum Gasteiger partial charge on any atom is -0.496 e. The average Bonchev–Trinajstić information content (AvgIpc) is 2.83. The van der Waals surface area contributed by atoms with Crippen LogP contribution >= 0.6 is 7.60 Å². The van der Waals surface area contributed by atoms with E-state index in [-0.39, 0.29) is 23.8 Å². The predicted molar refractivity (Wildman–Crippen MR) is 118 cm³/mol. The number of benzene rings is 2. The number of esters is 1. The van der Waals surface area contributed by atoms with Crippen molar-refractivity contribution >= 4 is 25.2 Å². The topological polar surface area (TPSA) is 143 Å². The summed E-state index contributed by atoms with van der Waals surface area (Å²) < 4.78 is 32.1. The molecule has 0 aliphatic rings. The van der Waals surface area contributed by atoms with E-state index in [0.29, 0.717) is 16.9 Å². The highest BCUT2D eigenvalue weighted by Crippen LogP contribution is 2.49. The highest BCUT2D eigenvalue weighted by atomic mass is 31.2. The number of nitrogens with one attached hydrogen (secondary N) is 1. The van der Waals surface area contributed by atoms with Gasteiger partial charge in [-0.15, -0.1) is 0 Å². The zero-order valence-corrected chi connectivity index (χ0v) is 19.5. The number of nitrogens with zero attached hydrogens (tertiary/aromatic N) is 1. The zero-order valence-electron chi connectivity index (χ0n) is 18.6. The molecule has 0 saturated carbocycles. The van der Waals surface area contributed by atoms with Gasteiger partial charge in [-0.2, -0.15) is 0 Å². The fourth-order valence-electron chi connectivity index (χ4n) is 3.02. The lowest BCUT2D eigenvalue weighted by atomic mass is 10.0. The molecule has 0 bridgehead atoms. The second kappa shape index (κ2) is 11.6. The van der Waals surface area contributed by atoms with Gasteiger partial charge < -0.3 is 23.8 Å². The maximum absolute atomic E-state index is 12.7. The summed E-state index contributed by atoms with van der Waals surface area (Å²) in [5, 5.41) is 13.7. The third-order valence-electron chi connectivity index (χ3n) is 4.84. The standard InChI is InChI=1S/C21H25N2O9P/c1-29-19-10-9-17(23(26)27)11-16(19)12-18(21(25)30-2)22-20(24)15-7-5-14(6-8-15)13-33(28,31-3)32-4/h5-11,18H,12-13H2,1-4H3,(H,22,24)/t18-/m1/s1. The van der Waals surface area contributed by atoms with Crippen LogP contribution in [-0.2, 0) is 35.7 Å². The molecule has 0 heterocycles. The van der Waals surface area contributed by atoms with Gasteiger partial charge in [0.15, 0.2) is 0 Å². The molecule has 0 fully saturated rings. The molecule has 12 heteroatoms. The Balaban J connectivity index is 2.22. The summed E-state index contributed by atoms with van der Waals surface area (Å²) in [6, 6.07) is 9.04. The minimum atomic E-state index is -3.26. The van der Waals surface area contributed by atoms with E-state index in [2.05, 4.69) is 5.32 Å². The lowest BCUT2D eigenvalue weighted by Gasteiger charge is -2.18. The summed E-state index contributed by atoms with van der Waals surface area (Å²) in [7, 11) is 1.88. The van der Waals surface area contributed by atoms with E-state index in [1.165, 1.54) is 58.8 Å². The molecule has 33 heavy (non-hydrogen) atoms. The number of non-ortho nitro benzene ring substituents is 1. The number of nitro groups is 1. The van der Waals surface area contributed by atoms with E-state index in [4.69, 9.17) is 18.5 Å². The van der Waals surface area contributed by atoms with Crippen molar-refractivity contribution in [3.05, 3.63) is 69.3 Å². The molecule has 0 aliphatic carbocycles. The van der Waals surface area contributed by atoms with Crippen molar-refractivity contribution in [3.8, 4) is 5.75 Å². The van der Waals surface area contributed by atoms with Crippen molar-refractivity contribution in [1.82, 2.24) is 5.32 Å². The lowest BCUT2D eigenvalue weighted by Crippen LogP contribution is -2.43. The number of carbonyl (C=O) groups is 2. The average molecular weight is 480 g/mol. The third kappa shape index (κ3) is 6.85. The van der Waals surface area contributed by atoms with Gasteiger partial charge >= 0.3 is 13.6 Å². The predicted octanol–water partition coefficient (Wildman–Crippen LogP) is 3.10. The summed E-state index contributed by atoms with van der Waals surface area (Å²) in [5.41, 5.74) is 1.04. The number of amides is 1. The second-order valence-electron chi connectivity index (χ2n) is 6.84. The fourth-order valence-corrected chi connectivity index (χ4v) is 4.09. The molecule has 1 atom stereocenters. The Morgan fingerprint density at radius 2 is 1.70 bits per heavy atom. The SMILES string of the molecule is COC(=O)[C@@H](Cc1cc([N+](=O)[O-])ccc1OC)NC(=O)c1ccc(CP(=O)(OC)OC)cc1. The van der Waals surface area contributed by atoms with Gasteiger partial charge in [0.05, 0.1) is 25.3 Å². The van der Waals surface area contributed by atoms with Crippen LogP contribution < -0.4 is 10.1 Å². The van der Waals surface area contributed by atoms with Crippen LogP contribution in [0.5, 0.6) is 5.75 Å². The normalized spacial score (nSPS) is 12.0. The van der Waals surface area contributed by atoms with Crippen molar-refractivity contribution in [2.24, 2.45) is 0 Å². The maximum Gasteiger partial charge on any atom is 0.334 e. The smallest absolute Gasteiger partial charge is 0.334 e. The van der Waals surface area contributed by atoms with E-state index in [1.54, 1.807) is 12.1 Å². The van der Waals surface area contributed by atoms with E-state index in [0.717, 1.165) is 0 Å². The van der Waals surface area contributed by atoms with Gasteiger partial charge in [-0.1, -0.05) is 12.1 Å². The third-order valence-corrected chi connectivity index (χ3v) is 6.70. The molecule has 178 valence electrons. The quantitative estimate of drug-likeness (QED) is 0.222. The van der Waals surface area contributed by atoms with Crippen LogP contribution in [0.2, 0.25) is 0 Å². The molecule has 2 aromatic rings. The Morgan fingerprint density at radius 3 is 2.21 bits per heavy atom. The molecule has 1 N–H and O–H groups in total. The van der Waals surface area contributed by atoms with Gasteiger partial charge in [-0.25, -0.2) is 4.79 Å². The van der Waals surface area contributed by atoms with Crippen LogP contribution in [-0.4, -0.2) is 51.3 Å². The number of nitro benzene ring substituents is 1. The first kappa shape index (κ1) is 26.0. The number of hydrogen-bond acceptors (Lipinski definition) is 9. The Hall–Kier alpha value is -3.27. The number of hydrogen-bond donors (Lipinski definition) is 1. The first-order chi connectivity index (χ1) is 15.7. The van der Waals surface area contributed by atoms with Crippen molar-refractivity contribution in [1.29, 1.82) is 0 Å². The van der Waals surface area contributed by atoms with Crippen LogP contribution in [0, 0.1) is 10.1 Å². The van der Waals surface area contributed by atoms with Crippen LogP contribution in [0.3, 0.4) is 0 Å². The molecule has 2 aromatic carbocycles. The van der Waals surface area contributed by atoms with E-state index in [1.807, 2.05) is 0 Å². The van der Waals surface area contributed by atoms with Gasteiger partial charge in [0.2, 0.25) is 0 Å². The first-order valence-electron chi connectivity index (χ1n) is 9.65. The summed E-state index contributed by atoms with van der Waals surface area (Å²) >= 11 is 0. The summed E-state index contributed by atoms with van der Waals surface area (Å²) in [4.78, 5) is 35.6.